The Morgan fingerprint density at radius 3 is 2.91 bits per heavy atom. The van der Waals surface area contributed by atoms with E-state index in [1.807, 2.05) is 12.1 Å². The van der Waals surface area contributed by atoms with E-state index in [-0.39, 0.29) is 30.3 Å². The molecule has 2 saturated heterocycles. The number of nitrogens with zero attached hydrogens (tertiary/aromatic N) is 1. The second-order valence-corrected chi connectivity index (χ2v) is 6.31. The summed E-state index contributed by atoms with van der Waals surface area (Å²) in [4.78, 5) is 26.2. The number of halogens is 2. The van der Waals surface area contributed by atoms with Crippen molar-refractivity contribution in [2.75, 3.05) is 18.0 Å². The molecule has 0 radical (unpaired) electrons. The van der Waals surface area contributed by atoms with Gasteiger partial charge in [0.2, 0.25) is 11.8 Å². The molecule has 0 aromatic heterocycles. The quantitative estimate of drug-likeness (QED) is 0.867. The molecule has 2 heterocycles. The number of anilines is 1. The lowest BCUT2D eigenvalue weighted by atomic mass is 10.1. The minimum absolute atomic E-state index is 0. The average molecular weight is 358 g/mol. The van der Waals surface area contributed by atoms with E-state index < -0.39 is 6.04 Å². The van der Waals surface area contributed by atoms with Crippen molar-refractivity contribution < 1.29 is 9.59 Å². The van der Waals surface area contributed by atoms with E-state index in [0.29, 0.717) is 24.4 Å². The van der Waals surface area contributed by atoms with Crippen LogP contribution in [0.1, 0.15) is 25.7 Å². The Hall–Kier alpha value is -1.30. The lowest BCUT2D eigenvalue weighted by molar-refractivity contribution is -0.126. The van der Waals surface area contributed by atoms with Crippen LogP contribution >= 0.6 is 24.0 Å². The third-order valence-corrected chi connectivity index (χ3v) is 4.49. The zero-order valence-electron chi connectivity index (χ0n) is 12.8. The molecule has 0 aliphatic carbocycles. The summed E-state index contributed by atoms with van der Waals surface area (Å²) in [7, 11) is 0. The van der Waals surface area contributed by atoms with Crippen LogP contribution in [0.15, 0.2) is 24.3 Å². The van der Waals surface area contributed by atoms with Crippen molar-refractivity contribution in [3.63, 3.8) is 0 Å². The second-order valence-electron chi connectivity index (χ2n) is 5.88. The zero-order chi connectivity index (χ0) is 15.5. The number of carbonyl (C=O) groups excluding carboxylic acids is 2. The van der Waals surface area contributed by atoms with Gasteiger partial charge in [-0.05, 0) is 44.0 Å². The first-order valence-corrected chi connectivity index (χ1v) is 8.11. The third-order valence-electron chi connectivity index (χ3n) is 4.25. The van der Waals surface area contributed by atoms with E-state index >= 15 is 0 Å². The predicted octanol–water partition coefficient (Wildman–Crippen LogP) is 2.13. The highest BCUT2D eigenvalue weighted by atomic mass is 35.5. The van der Waals surface area contributed by atoms with Crippen LogP contribution in [0.5, 0.6) is 0 Å². The van der Waals surface area contributed by atoms with Gasteiger partial charge in [0.25, 0.3) is 0 Å². The molecule has 126 valence electrons. The molecular formula is C16H21Cl2N3O2. The van der Waals surface area contributed by atoms with E-state index in [1.54, 1.807) is 17.0 Å². The molecule has 2 fully saturated rings. The molecule has 23 heavy (non-hydrogen) atoms. The van der Waals surface area contributed by atoms with Gasteiger partial charge in [0.15, 0.2) is 0 Å². The summed E-state index contributed by atoms with van der Waals surface area (Å²) in [6.07, 6.45) is 3.22. The third kappa shape index (κ3) is 4.37. The molecule has 0 saturated carbocycles. The lowest BCUT2D eigenvalue weighted by Crippen LogP contribution is -2.43. The monoisotopic (exact) mass is 357 g/mol. The fraction of sp³-hybridized carbons (Fsp3) is 0.500. The summed E-state index contributed by atoms with van der Waals surface area (Å²) >= 11 is 5.97. The van der Waals surface area contributed by atoms with Crippen LogP contribution in [0.2, 0.25) is 5.02 Å². The van der Waals surface area contributed by atoms with E-state index in [2.05, 4.69) is 10.6 Å². The Morgan fingerprint density at radius 2 is 2.22 bits per heavy atom. The largest absolute Gasteiger partial charge is 0.344 e. The smallest absolute Gasteiger partial charge is 0.249 e. The highest BCUT2D eigenvalue weighted by Crippen LogP contribution is 2.24. The van der Waals surface area contributed by atoms with Gasteiger partial charge >= 0.3 is 0 Å². The maximum absolute atomic E-state index is 12.4. The summed E-state index contributed by atoms with van der Waals surface area (Å²) in [6.45, 7) is 1.58. The summed E-state index contributed by atoms with van der Waals surface area (Å²) in [5.41, 5.74) is 0.784. The highest BCUT2D eigenvalue weighted by molar-refractivity contribution is 6.31. The second kappa shape index (κ2) is 7.99. The van der Waals surface area contributed by atoms with Gasteiger partial charge in [-0.1, -0.05) is 17.7 Å². The molecule has 7 heteroatoms. The minimum Gasteiger partial charge on any atom is -0.344 e. The molecule has 5 nitrogen and oxygen atoms in total. The van der Waals surface area contributed by atoms with Crippen molar-refractivity contribution in [1.29, 1.82) is 0 Å². The zero-order valence-corrected chi connectivity index (χ0v) is 14.3. The number of amides is 2. The lowest BCUT2D eigenvalue weighted by Gasteiger charge is -2.18. The summed E-state index contributed by atoms with van der Waals surface area (Å²) in [5.74, 6) is -0.110. The predicted molar refractivity (Wildman–Crippen MR) is 93.2 cm³/mol. The first-order chi connectivity index (χ1) is 10.6. The van der Waals surface area contributed by atoms with Crippen molar-refractivity contribution in [2.24, 2.45) is 0 Å². The van der Waals surface area contributed by atoms with Crippen molar-refractivity contribution in [2.45, 2.75) is 37.8 Å². The normalized spacial score (nSPS) is 23.7. The van der Waals surface area contributed by atoms with Gasteiger partial charge in [0, 0.05) is 29.7 Å². The van der Waals surface area contributed by atoms with E-state index in [9.17, 15) is 9.59 Å². The van der Waals surface area contributed by atoms with Gasteiger partial charge in [-0.3, -0.25) is 9.59 Å². The topological polar surface area (TPSA) is 61.4 Å². The molecule has 2 aliphatic rings. The highest BCUT2D eigenvalue weighted by Gasteiger charge is 2.34. The van der Waals surface area contributed by atoms with Gasteiger partial charge in [0.05, 0.1) is 0 Å². The molecule has 0 spiro atoms. The molecule has 2 unspecified atom stereocenters. The number of hydrogen-bond acceptors (Lipinski definition) is 3. The van der Waals surface area contributed by atoms with Gasteiger partial charge in [-0.25, -0.2) is 0 Å². The van der Waals surface area contributed by atoms with Crippen LogP contribution in [-0.4, -0.2) is 37.0 Å². The van der Waals surface area contributed by atoms with Gasteiger partial charge in [-0.2, -0.15) is 0 Å². The maximum atomic E-state index is 12.4. The fourth-order valence-electron chi connectivity index (χ4n) is 3.12. The average Bonchev–Trinajstić information content (AvgIpc) is 3.10. The Balaban J connectivity index is 0.00000192. The molecule has 1 aromatic carbocycles. The van der Waals surface area contributed by atoms with Crippen LogP contribution in [0.3, 0.4) is 0 Å². The van der Waals surface area contributed by atoms with Crippen molar-refractivity contribution >= 4 is 41.5 Å². The summed E-state index contributed by atoms with van der Waals surface area (Å²) in [6, 6.07) is 7.05. The molecule has 2 amide bonds. The number of hydrogen-bond donors (Lipinski definition) is 2. The van der Waals surface area contributed by atoms with Gasteiger partial charge in [0.1, 0.15) is 6.04 Å². The first kappa shape index (κ1) is 18.0. The Bertz CT molecular complexity index is 576. The van der Waals surface area contributed by atoms with Crippen LogP contribution in [0.4, 0.5) is 5.69 Å². The van der Waals surface area contributed by atoms with Crippen molar-refractivity contribution in [3.8, 4) is 0 Å². The van der Waals surface area contributed by atoms with Crippen LogP contribution in [-0.2, 0) is 9.59 Å². The molecule has 2 aliphatic heterocycles. The van der Waals surface area contributed by atoms with Crippen molar-refractivity contribution in [1.82, 2.24) is 10.6 Å². The molecule has 3 rings (SSSR count). The standard InChI is InChI=1S/C16H20ClN3O2.ClH/c17-11-3-1-5-13(9-11)20-8-6-14(16(20)22)19-15(21)10-12-4-2-7-18-12;/h1,3,5,9,12,14,18H,2,4,6-8,10H2,(H,19,21);1H. The molecular weight excluding hydrogens is 337 g/mol. The Morgan fingerprint density at radius 1 is 1.39 bits per heavy atom. The number of nitrogens with one attached hydrogen (secondary N) is 2. The van der Waals surface area contributed by atoms with Gasteiger partial charge < -0.3 is 15.5 Å². The van der Waals surface area contributed by atoms with Crippen LogP contribution in [0, 0.1) is 0 Å². The SMILES string of the molecule is Cl.O=C(CC1CCCN1)NC1CCN(c2cccc(Cl)c2)C1=O. The summed E-state index contributed by atoms with van der Waals surface area (Å²) in [5, 5.41) is 6.76. The Kier molecular flexibility index (Phi) is 6.27. The fourth-order valence-corrected chi connectivity index (χ4v) is 3.31. The minimum atomic E-state index is -0.423. The molecule has 1 aromatic rings. The van der Waals surface area contributed by atoms with Crippen molar-refractivity contribution in [3.05, 3.63) is 29.3 Å². The van der Waals surface area contributed by atoms with E-state index in [0.717, 1.165) is 25.1 Å². The molecule has 2 atom stereocenters. The first-order valence-electron chi connectivity index (χ1n) is 7.73. The van der Waals surface area contributed by atoms with Gasteiger partial charge in [-0.15, -0.1) is 12.4 Å². The number of rotatable bonds is 4. The van der Waals surface area contributed by atoms with Crippen LogP contribution < -0.4 is 15.5 Å². The number of benzene rings is 1. The van der Waals surface area contributed by atoms with Crippen LogP contribution in [0.25, 0.3) is 0 Å². The summed E-state index contributed by atoms with van der Waals surface area (Å²) < 4.78 is 0. The molecule has 2 N–H and O–H groups in total. The van der Waals surface area contributed by atoms with E-state index in [4.69, 9.17) is 11.6 Å². The van der Waals surface area contributed by atoms with E-state index in [1.165, 1.54) is 0 Å². The number of carbonyl (C=O) groups is 2. The molecule has 0 bridgehead atoms. The Labute approximate surface area is 147 Å². The maximum Gasteiger partial charge on any atom is 0.249 e.